The maximum Gasteiger partial charge on any atom is 0.244 e. The number of primary amides is 1. The monoisotopic (exact) mass is 309 g/mol. The van der Waals surface area contributed by atoms with Gasteiger partial charge in [0.15, 0.2) is 0 Å². The number of carbonyl (C=O) groups is 2. The van der Waals surface area contributed by atoms with Crippen molar-refractivity contribution in [1.82, 2.24) is 0 Å². The number of anilines is 2. The third-order valence-corrected chi connectivity index (χ3v) is 3.83. The molecule has 0 radical (unpaired) electrons. The van der Waals surface area contributed by atoms with E-state index >= 15 is 0 Å². The van der Waals surface area contributed by atoms with E-state index in [1.54, 1.807) is 0 Å². The number of amides is 2. The van der Waals surface area contributed by atoms with E-state index in [9.17, 15) is 9.59 Å². The fraction of sp³-hybridized carbons (Fsp3) is 0.222. The van der Waals surface area contributed by atoms with Crippen molar-refractivity contribution < 1.29 is 9.59 Å². The van der Waals surface area contributed by atoms with E-state index in [0.29, 0.717) is 0 Å². The molecule has 23 heavy (non-hydrogen) atoms. The molecule has 2 aromatic rings. The van der Waals surface area contributed by atoms with Crippen LogP contribution in [0.15, 0.2) is 54.6 Å². The van der Waals surface area contributed by atoms with Gasteiger partial charge >= 0.3 is 0 Å². The molecule has 1 aliphatic rings. The van der Waals surface area contributed by atoms with Crippen LogP contribution < -0.4 is 16.4 Å². The predicted molar refractivity (Wildman–Crippen MR) is 89.8 cm³/mol. The van der Waals surface area contributed by atoms with Crippen LogP contribution in [-0.2, 0) is 9.59 Å². The molecule has 5 nitrogen and oxygen atoms in total. The van der Waals surface area contributed by atoms with Crippen molar-refractivity contribution in [3.05, 3.63) is 60.2 Å². The van der Waals surface area contributed by atoms with E-state index in [1.165, 1.54) is 0 Å². The van der Waals surface area contributed by atoms with Gasteiger partial charge < -0.3 is 16.4 Å². The Morgan fingerprint density at radius 1 is 0.957 bits per heavy atom. The van der Waals surface area contributed by atoms with Crippen LogP contribution in [0.25, 0.3) is 0 Å². The number of carbonyl (C=O) groups excluding carboxylic acids is 2. The van der Waals surface area contributed by atoms with E-state index in [1.807, 2.05) is 54.6 Å². The SMILES string of the molecule is NC(=O)C(Nc1ccc(NC(=O)C2CC2)cc1)c1ccccc1. The molecule has 0 aliphatic heterocycles. The zero-order valence-corrected chi connectivity index (χ0v) is 12.7. The normalized spacial score (nSPS) is 14.8. The van der Waals surface area contributed by atoms with Crippen molar-refractivity contribution in [1.29, 1.82) is 0 Å². The van der Waals surface area contributed by atoms with Gasteiger partial charge in [-0.3, -0.25) is 9.59 Å². The van der Waals surface area contributed by atoms with Gasteiger partial charge in [0.2, 0.25) is 11.8 Å². The number of hydrogen-bond donors (Lipinski definition) is 3. The molecule has 2 aromatic carbocycles. The maximum atomic E-state index is 11.7. The molecule has 1 saturated carbocycles. The summed E-state index contributed by atoms with van der Waals surface area (Å²) in [5.41, 5.74) is 7.82. The lowest BCUT2D eigenvalue weighted by atomic mass is 10.1. The maximum absolute atomic E-state index is 11.7. The smallest absolute Gasteiger partial charge is 0.244 e. The van der Waals surface area contributed by atoms with E-state index in [0.717, 1.165) is 29.8 Å². The number of benzene rings is 2. The Labute approximate surface area is 134 Å². The fourth-order valence-electron chi connectivity index (χ4n) is 2.37. The lowest BCUT2D eigenvalue weighted by Crippen LogP contribution is -2.27. The second kappa shape index (κ2) is 6.52. The highest BCUT2D eigenvalue weighted by Gasteiger charge is 2.29. The Morgan fingerprint density at radius 3 is 2.13 bits per heavy atom. The third kappa shape index (κ3) is 3.88. The summed E-state index contributed by atoms with van der Waals surface area (Å²) in [6, 6.07) is 16.0. The highest BCUT2D eigenvalue weighted by atomic mass is 16.2. The largest absolute Gasteiger partial charge is 0.370 e. The predicted octanol–water partition coefficient (Wildman–Crippen LogP) is 2.67. The summed E-state index contributed by atoms with van der Waals surface area (Å²) in [6.07, 6.45) is 1.95. The number of nitrogens with two attached hydrogens (primary N) is 1. The Balaban J connectivity index is 1.68. The van der Waals surface area contributed by atoms with Crippen LogP contribution in [-0.4, -0.2) is 11.8 Å². The van der Waals surface area contributed by atoms with E-state index in [4.69, 9.17) is 5.73 Å². The molecule has 0 spiro atoms. The topological polar surface area (TPSA) is 84.2 Å². The van der Waals surface area contributed by atoms with Gasteiger partial charge in [-0.2, -0.15) is 0 Å². The lowest BCUT2D eigenvalue weighted by Gasteiger charge is -2.17. The summed E-state index contributed by atoms with van der Waals surface area (Å²) >= 11 is 0. The summed E-state index contributed by atoms with van der Waals surface area (Å²) in [6.45, 7) is 0. The van der Waals surface area contributed by atoms with Gasteiger partial charge in [0.1, 0.15) is 6.04 Å². The van der Waals surface area contributed by atoms with Crippen molar-refractivity contribution in [2.24, 2.45) is 11.7 Å². The van der Waals surface area contributed by atoms with Crippen LogP contribution in [0.1, 0.15) is 24.4 Å². The molecule has 1 unspecified atom stereocenters. The third-order valence-electron chi connectivity index (χ3n) is 3.83. The summed E-state index contributed by atoms with van der Waals surface area (Å²) in [4.78, 5) is 23.4. The van der Waals surface area contributed by atoms with Crippen LogP contribution in [0.4, 0.5) is 11.4 Å². The van der Waals surface area contributed by atoms with Gasteiger partial charge in [0.25, 0.3) is 0 Å². The van der Waals surface area contributed by atoms with Gasteiger partial charge in [0.05, 0.1) is 0 Å². The minimum absolute atomic E-state index is 0.0741. The van der Waals surface area contributed by atoms with Gasteiger partial charge in [0, 0.05) is 17.3 Å². The minimum atomic E-state index is -0.594. The first-order valence-electron chi connectivity index (χ1n) is 7.65. The summed E-state index contributed by atoms with van der Waals surface area (Å²) in [5, 5.41) is 6.00. The Kier molecular flexibility index (Phi) is 4.28. The van der Waals surface area contributed by atoms with Gasteiger partial charge in [-0.15, -0.1) is 0 Å². The first kappa shape index (κ1) is 15.1. The molecule has 2 amide bonds. The molecule has 0 aromatic heterocycles. The van der Waals surface area contributed by atoms with Crippen molar-refractivity contribution in [3.8, 4) is 0 Å². The van der Waals surface area contributed by atoms with Crippen LogP contribution in [0.2, 0.25) is 0 Å². The van der Waals surface area contributed by atoms with E-state index in [2.05, 4.69) is 10.6 Å². The Bertz CT molecular complexity index is 694. The number of rotatable bonds is 6. The first-order chi connectivity index (χ1) is 11.1. The molecule has 4 N–H and O–H groups in total. The Morgan fingerprint density at radius 2 is 1.57 bits per heavy atom. The standard InChI is InChI=1S/C18H19N3O2/c19-17(22)16(12-4-2-1-3-5-12)20-14-8-10-15(11-9-14)21-18(23)13-6-7-13/h1-5,8-11,13,16,20H,6-7H2,(H2,19,22)(H,21,23). The van der Waals surface area contributed by atoms with Crippen LogP contribution >= 0.6 is 0 Å². The molecule has 0 saturated heterocycles. The zero-order chi connectivity index (χ0) is 16.2. The molecule has 0 heterocycles. The highest BCUT2D eigenvalue weighted by molar-refractivity contribution is 5.94. The van der Waals surface area contributed by atoms with Crippen molar-refractivity contribution in [2.75, 3.05) is 10.6 Å². The van der Waals surface area contributed by atoms with E-state index < -0.39 is 11.9 Å². The van der Waals surface area contributed by atoms with Crippen molar-refractivity contribution >= 4 is 23.2 Å². The first-order valence-corrected chi connectivity index (χ1v) is 7.65. The van der Waals surface area contributed by atoms with Crippen molar-refractivity contribution in [3.63, 3.8) is 0 Å². The molecule has 118 valence electrons. The summed E-state index contributed by atoms with van der Waals surface area (Å²) in [5.74, 6) is -0.197. The number of hydrogen-bond acceptors (Lipinski definition) is 3. The average molecular weight is 309 g/mol. The second-order valence-corrected chi connectivity index (χ2v) is 5.73. The van der Waals surface area contributed by atoms with Gasteiger partial charge in [-0.25, -0.2) is 0 Å². The second-order valence-electron chi connectivity index (χ2n) is 5.73. The highest BCUT2D eigenvalue weighted by Crippen LogP contribution is 2.30. The average Bonchev–Trinajstić information content (AvgIpc) is 3.39. The summed E-state index contributed by atoms with van der Waals surface area (Å²) in [7, 11) is 0. The molecule has 5 heteroatoms. The Hall–Kier alpha value is -2.82. The van der Waals surface area contributed by atoms with Gasteiger partial charge in [-0.05, 0) is 42.7 Å². The van der Waals surface area contributed by atoms with E-state index in [-0.39, 0.29) is 11.8 Å². The molecular weight excluding hydrogens is 290 g/mol. The zero-order valence-electron chi connectivity index (χ0n) is 12.7. The van der Waals surface area contributed by atoms with Gasteiger partial charge in [-0.1, -0.05) is 30.3 Å². The lowest BCUT2D eigenvalue weighted by molar-refractivity contribution is -0.119. The molecule has 1 atom stereocenters. The fourth-order valence-corrected chi connectivity index (χ4v) is 2.37. The molecule has 3 rings (SSSR count). The number of nitrogens with one attached hydrogen (secondary N) is 2. The summed E-state index contributed by atoms with van der Waals surface area (Å²) < 4.78 is 0. The van der Waals surface area contributed by atoms with Crippen LogP contribution in [0.3, 0.4) is 0 Å². The van der Waals surface area contributed by atoms with Crippen LogP contribution in [0, 0.1) is 5.92 Å². The molecule has 1 aliphatic carbocycles. The van der Waals surface area contributed by atoms with Crippen molar-refractivity contribution in [2.45, 2.75) is 18.9 Å². The molecule has 0 bridgehead atoms. The minimum Gasteiger partial charge on any atom is -0.370 e. The molecular formula is C18H19N3O2. The quantitative estimate of drug-likeness (QED) is 0.767. The van der Waals surface area contributed by atoms with Crippen LogP contribution in [0.5, 0.6) is 0 Å². The molecule has 1 fully saturated rings.